The summed E-state index contributed by atoms with van der Waals surface area (Å²) in [5.74, 6) is -2.08. The molecule has 1 unspecified atom stereocenters. The Morgan fingerprint density at radius 2 is 1.55 bits per heavy atom. The Kier molecular flexibility index (Phi) is 6.26. The molecule has 0 aliphatic carbocycles. The molecule has 1 amide bonds. The van der Waals surface area contributed by atoms with E-state index in [1.54, 1.807) is 0 Å². The number of amides is 1. The van der Waals surface area contributed by atoms with Crippen molar-refractivity contribution in [3.8, 4) is 0 Å². The first-order valence-electron chi connectivity index (χ1n) is 4.99. The van der Waals surface area contributed by atoms with Crippen molar-refractivity contribution in [3.05, 3.63) is 0 Å². The van der Waals surface area contributed by atoms with Crippen LogP contribution in [0.3, 0.4) is 0 Å². The van der Waals surface area contributed by atoms with Crippen LogP contribution in [0, 0.1) is 0 Å². The number of ether oxygens (including phenoxy) is 2. The molecule has 0 radical (unpaired) electrons. The number of carbonyl (C=O) groups excluding carboxylic acids is 2. The summed E-state index contributed by atoms with van der Waals surface area (Å²) in [6, 6.07) is -1.77. The van der Waals surface area contributed by atoms with E-state index in [4.69, 9.17) is 0 Å². The van der Waals surface area contributed by atoms with Gasteiger partial charge in [0.05, 0.1) is 13.7 Å². The molecular weight excluding hydrogens is 300 g/mol. The second-order valence-corrected chi connectivity index (χ2v) is 3.57. The molecule has 5 nitrogen and oxygen atoms in total. The molecule has 0 aromatic heterocycles. The fourth-order valence-electron chi connectivity index (χ4n) is 1.12. The highest BCUT2D eigenvalue weighted by Crippen LogP contribution is 2.35. The van der Waals surface area contributed by atoms with Crippen LogP contribution in [0.25, 0.3) is 0 Å². The molecule has 0 rings (SSSR count). The minimum atomic E-state index is -5.70. The third kappa shape index (κ3) is 6.08. The van der Waals surface area contributed by atoms with Gasteiger partial charge in [-0.05, 0) is 0 Å². The standard InChI is InChI=1S/C9H11F6NO4/c1-4(17)16-5(6(18)19-2)3-20-7(8(10,11)12)9(13,14)15/h5,7H,3H2,1-2H3,(H,16,17). The van der Waals surface area contributed by atoms with Gasteiger partial charge in [-0.3, -0.25) is 4.79 Å². The number of hydrogen-bond acceptors (Lipinski definition) is 4. The lowest BCUT2D eigenvalue weighted by Crippen LogP contribution is -2.49. The van der Waals surface area contributed by atoms with Gasteiger partial charge in [0.2, 0.25) is 12.0 Å². The number of alkyl halides is 6. The molecule has 0 saturated carbocycles. The van der Waals surface area contributed by atoms with Crippen LogP contribution < -0.4 is 5.32 Å². The SMILES string of the molecule is COC(=O)C(COC(C(F)(F)F)C(F)(F)F)NC(C)=O. The largest absolute Gasteiger partial charge is 0.467 e. The molecule has 0 fully saturated rings. The molecule has 0 spiro atoms. The number of halogens is 6. The Balaban J connectivity index is 4.88. The van der Waals surface area contributed by atoms with Crippen LogP contribution in [0.1, 0.15) is 6.92 Å². The van der Waals surface area contributed by atoms with Crippen molar-refractivity contribution in [2.24, 2.45) is 0 Å². The summed E-state index contributed by atoms with van der Waals surface area (Å²) in [6.07, 6.45) is -15.5. The van der Waals surface area contributed by atoms with E-state index >= 15 is 0 Å². The minimum absolute atomic E-state index is 0.848. The van der Waals surface area contributed by atoms with Crippen molar-refractivity contribution < 1.29 is 45.4 Å². The number of esters is 1. The molecule has 0 aromatic carbocycles. The third-order valence-corrected chi connectivity index (χ3v) is 1.89. The molecule has 1 atom stereocenters. The number of rotatable bonds is 5. The Morgan fingerprint density at radius 1 is 1.10 bits per heavy atom. The van der Waals surface area contributed by atoms with Crippen LogP contribution in [0.15, 0.2) is 0 Å². The van der Waals surface area contributed by atoms with Crippen LogP contribution >= 0.6 is 0 Å². The highest BCUT2D eigenvalue weighted by Gasteiger charge is 2.58. The first kappa shape index (κ1) is 18.5. The molecule has 11 heteroatoms. The minimum Gasteiger partial charge on any atom is -0.467 e. The second kappa shape index (κ2) is 6.77. The lowest BCUT2D eigenvalue weighted by atomic mass is 10.3. The maximum atomic E-state index is 12.2. The summed E-state index contributed by atoms with van der Waals surface area (Å²) in [4.78, 5) is 21.8. The van der Waals surface area contributed by atoms with Crippen LogP contribution in [0.4, 0.5) is 26.3 Å². The first-order valence-corrected chi connectivity index (χ1v) is 4.99. The van der Waals surface area contributed by atoms with E-state index in [2.05, 4.69) is 9.47 Å². The van der Waals surface area contributed by atoms with Crippen molar-refractivity contribution >= 4 is 11.9 Å². The van der Waals surface area contributed by atoms with Gasteiger partial charge in [-0.15, -0.1) is 0 Å². The fourth-order valence-corrected chi connectivity index (χ4v) is 1.12. The Hall–Kier alpha value is -1.52. The predicted octanol–water partition coefficient (Wildman–Crippen LogP) is 1.17. The number of nitrogens with one attached hydrogen (secondary N) is 1. The molecule has 0 aromatic rings. The van der Waals surface area contributed by atoms with Gasteiger partial charge in [0, 0.05) is 6.92 Å². The van der Waals surface area contributed by atoms with Gasteiger partial charge in [0.1, 0.15) is 0 Å². The average Bonchev–Trinajstić information content (AvgIpc) is 2.22. The maximum absolute atomic E-state index is 12.2. The maximum Gasteiger partial charge on any atom is 0.423 e. The van der Waals surface area contributed by atoms with Gasteiger partial charge < -0.3 is 14.8 Å². The summed E-state index contributed by atoms with van der Waals surface area (Å²) < 4.78 is 80.8. The summed E-state index contributed by atoms with van der Waals surface area (Å²) in [5, 5.41) is 1.82. The van der Waals surface area contributed by atoms with E-state index in [-0.39, 0.29) is 0 Å². The van der Waals surface area contributed by atoms with Crippen molar-refractivity contribution in [2.45, 2.75) is 31.4 Å². The number of hydrogen-bond donors (Lipinski definition) is 1. The highest BCUT2D eigenvalue weighted by atomic mass is 19.4. The quantitative estimate of drug-likeness (QED) is 0.611. The van der Waals surface area contributed by atoms with Crippen LogP contribution in [0.2, 0.25) is 0 Å². The van der Waals surface area contributed by atoms with Crippen molar-refractivity contribution in [1.29, 1.82) is 0 Å². The van der Waals surface area contributed by atoms with E-state index in [9.17, 15) is 35.9 Å². The summed E-state index contributed by atoms with van der Waals surface area (Å²) in [7, 11) is 0.849. The monoisotopic (exact) mass is 311 g/mol. The number of carbonyl (C=O) groups is 2. The third-order valence-electron chi connectivity index (χ3n) is 1.89. The smallest absolute Gasteiger partial charge is 0.423 e. The van der Waals surface area contributed by atoms with E-state index < -0.39 is 43.0 Å². The van der Waals surface area contributed by atoms with Crippen molar-refractivity contribution in [1.82, 2.24) is 5.32 Å². The van der Waals surface area contributed by atoms with Crippen LogP contribution in [0.5, 0.6) is 0 Å². The lowest BCUT2D eigenvalue weighted by molar-refractivity contribution is -0.322. The van der Waals surface area contributed by atoms with E-state index in [1.165, 1.54) is 0 Å². The summed E-state index contributed by atoms with van der Waals surface area (Å²) in [6.45, 7) is -0.420. The predicted molar refractivity (Wildman–Crippen MR) is 51.5 cm³/mol. The van der Waals surface area contributed by atoms with Gasteiger partial charge in [-0.2, -0.15) is 26.3 Å². The zero-order valence-corrected chi connectivity index (χ0v) is 10.3. The van der Waals surface area contributed by atoms with Crippen LogP contribution in [-0.4, -0.2) is 50.1 Å². The Morgan fingerprint density at radius 3 is 1.85 bits per heavy atom. The van der Waals surface area contributed by atoms with Crippen LogP contribution in [-0.2, 0) is 19.1 Å². The molecular formula is C9H11F6NO4. The Labute approximate surface area is 109 Å². The van der Waals surface area contributed by atoms with Crippen molar-refractivity contribution in [3.63, 3.8) is 0 Å². The molecule has 0 saturated heterocycles. The average molecular weight is 311 g/mol. The van der Waals surface area contributed by atoms with Gasteiger partial charge >= 0.3 is 18.3 Å². The zero-order chi connectivity index (χ0) is 16.1. The van der Waals surface area contributed by atoms with E-state index in [1.807, 2.05) is 5.32 Å². The molecule has 20 heavy (non-hydrogen) atoms. The molecule has 0 aliphatic rings. The summed E-state index contributed by atoms with van der Waals surface area (Å²) in [5.41, 5.74) is 0. The van der Waals surface area contributed by atoms with Gasteiger partial charge in [0.15, 0.2) is 6.04 Å². The van der Waals surface area contributed by atoms with Crippen molar-refractivity contribution in [2.75, 3.05) is 13.7 Å². The molecule has 118 valence electrons. The van der Waals surface area contributed by atoms with Gasteiger partial charge in [-0.25, -0.2) is 4.79 Å². The van der Waals surface area contributed by atoms with E-state index in [0.717, 1.165) is 14.0 Å². The van der Waals surface area contributed by atoms with Gasteiger partial charge in [-0.1, -0.05) is 0 Å². The number of methoxy groups -OCH3 is 1. The summed E-state index contributed by atoms with van der Waals surface area (Å²) >= 11 is 0. The van der Waals surface area contributed by atoms with E-state index in [0.29, 0.717) is 0 Å². The Bertz CT molecular complexity index is 339. The molecule has 1 N–H and O–H groups in total. The topological polar surface area (TPSA) is 64.6 Å². The zero-order valence-electron chi connectivity index (χ0n) is 10.3. The first-order chi connectivity index (χ1) is 8.89. The fraction of sp³-hybridized carbons (Fsp3) is 0.778. The molecule has 0 bridgehead atoms. The normalized spacial score (nSPS) is 14.1. The second-order valence-electron chi connectivity index (χ2n) is 3.57. The molecule has 0 heterocycles. The molecule has 0 aliphatic heterocycles. The highest BCUT2D eigenvalue weighted by molar-refractivity contribution is 5.83. The lowest BCUT2D eigenvalue weighted by Gasteiger charge is -2.25. The van der Waals surface area contributed by atoms with Gasteiger partial charge in [0.25, 0.3) is 0 Å².